The zero-order chi connectivity index (χ0) is 15.7. The second kappa shape index (κ2) is 9.16. The minimum atomic E-state index is -1.44. The first kappa shape index (κ1) is 17.3. The van der Waals surface area contributed by atoms with E-state index >= 15 is 0 Å². The van der Waals surface area contributed by atoms with Crippen molar-refractivity contribution >= 4 is 0 Å². The molecule has 0 bridgehead atoms. The van der Waals surface area contributed by atoms with Gasteiger partial charge in [0.1, 0.15) is 5.75 Å². The average Bonchev–Trinajstić information content (AvgIpc) is 2.88. The van der Waals surface area contributed by atoms with E-state index < -0.39 is 5.97 Å². The van der Waals surface area contributed by atoms with Gasteiger partial charge in [-0.25, -0.2) is 0 Å². The van der Waals surface area contributed by atoms with Gasteiger partial charge in [0.15, 0.2) is 0 Å². The molecule has 1 N–H and O–H groups in total. The molecule has 124 valence electrons. The lowest BCUT2D eigenvalue weighted by Gasteiger charge is -2.29. The highest BCUT2D eigenvalue weighted by atomic mass is 16.8. The SMILES string of the molecule is CCCCCCCCCC1CCOC1(O)Oc1ccccc1. The Labute approximate surface area is 134 Å². The third-order valence-electron chi connectivity index (χ3n) is 4.45. The fourth-order valence-corrected chi connectivity index (χ4v) is 3.09. The van der Waals surface area contributed by atoms with Crippen molar-refractivity contribution in [1.29, 1.82) is 0 Å². The van der Waals surface area contributed by atoms with E-state index in [9.17, 15) is 5.11 Å². The number of ether oxygens (including phenoxy) is 2. The molecule has 3 heteroatoms. The smallest absolute Gasteiger partial charge is 0.327 e. The number of aliphatic hydroxyl groups is 1. The number of rotatable bonds is 10. The molecule has 2 atom stereocenters. The number of hydrogen-bond donors (Lipinski definition) is 1. The molecular formula is C19H30O3. The average molecular weight is 306 g/mol. The molecule has 0 saturated carbocycles. The van der Waals surface area contributed by atoms with Crippen molar-refractivity contribution in [3.05, 3.63) is 30.3 Å². The number of hydrogen-bond acceptors (Lipinski definition) is 3. The number of benzene rings is 1. The molecule has 1 aliphatic rings. The van der Waals surface area contributed by atoms with Gasteiger partial charge in [-0.05, 0) is 25.0 Å². The Morgan fingerprint density at radius 3 is 2.50 bits per heavy atom. The zero-order valence-electron chi connectivity index (χ0n) is 13.8. The summed E-state index contributed by atoms with van der Waals surface area (Å²) in [6.07, 6.45) is 10.8. The van der Waals surface area contributed by atoms with E-state index in [2.05, 4.69) is 6.92 Å². The lowest BCUT2D eigenvalue weighted by Crippen LogP contribution is -2.41. The summed E-state index contributed by atoms with van der Waals surface area (Å²) in [5.41, 5.74) is 0. The Hall–Kier alpha value is -1.06. The Balaban J connectivity index is 1.71. The molecule has 0 spiro atoms. The summed E-state index contributed by atoms with van der Waals surface area (Å²) >= 11 is 0. The first-order chi connectivity index (χ1) is 10.7. The quantitative estimate of drug-likeness (QED) is 0.494. The van der Waals surface area contributed by atoms with Crippen LogP contribution in [0, 0.1) is 5.92 Å². The summed E-state index contributed by atoms with van der Waals surface area (Å²) in [5.74, 6) is -0.705. The van der Waals surface area contributed by atoms with Crippen molar-refractivity contribution in [3.63, 3.8) is 0 Å². The molecule has 0 aromatic heterocycles. The molecule has 0 aliphatic carbocycles. The van der Waals surface area contributed by atoms with Gasteiger partial charge in [0.2, 0.25) is 0 Å². The van der Waals surface area contributed by atoms with Crippen LogP contribution in [0.25, 0.3) is 0 Å². The van der Waals surface area contributed by atoms with Gasteiger partial charge in [-0.2, -0.15) is 0 Å². The summed E-state index contributed by atoms with van der Waals surface area (Å²) in [6.45, 7) is 2.82. The highest BCUT2D eigenvalue weighted by Crippen LogP contribution is 2.35. The van der Waals surface area contributed by atoms with Crippen LogP contribution in [0.3, 0.4) is 0 Å². The van der Waals surface area contributed by atoms with Gasteiger partial charge < -0.3 is 14.6 Å². The summed E-state index contributed by atoms with van der Waals surface area (Å²) in [5, 5.41) is 10.6. The minimum Gasteiger partial charge on any atom is -0.439 e. The minimum absolute atomic E-state index is 0.0725. The van der Waals surface area contributed by atoms with E-state index in [0.717, 1.165) is 19.3 Å². The molecule has 1 fully saturated rings. The fraction of sp³-hybridized carbons (Fsp3) is 0.684. The maximum absolute atomic E-state index is 10.6. The van der Waals surface area contributed by atoms with Crippen molar-refractivity contribution in [2.75, 3.05) is 6.61 Å². The largest absolute Gasteiger partial charge is 0.439 e. The molecule has 1 aliphatic heterocycles. The molecular weight excluding hydrogens is 276 g/mol. The van der Waals surface area contributed by atoms with E-state index in [-0.39, 0.29) is 5.92 Å². The highest BCUT2D eigenvalue weighted by Gasteiger charge is 2.45. The Bertz CT molecular complexity index is 406. The van der Waals surface area contributed by atoms with Gasteiger partial charge in [-0.15, -0.1) is 0 Å². The lowest BCUT2D eigenvalue weighted by molar-refractivity contribution is -0.317. The van der Waals surface area contributed by atoms with Crippen molar-refractivity contribution in [3.8, 4) is 5.75 Å². The molecule has 0 amide bonds. The van der Waals surface area contributed by atoms with E-state index in [1.807, 2.05) is 30.3 Å². The molecule has 1 heterocycles. The predicted molar refractivity (Wildman–Crippen MR) is 88.7 cm³/mol. The van der Waals surface area contributed by atoms with Crippen LogP contribution in [-0.2, 0) is 4.74 Å². The fourth-order valence-electron chi connectivity index (χ4n) is 3.09. The third kappa shape index (κ3) is 5.29. The Morgan fingerprint density at radius 2 is 1.77 bits per heavy atom. The topological polar surface area (TPSA) is 38.7 Å². The van der Waals surface area contributed by atoms with Crippen LogP contribution in [0.4, 0.5) is 0 Å². The molecule has 1 aromatic carbocycles. The van der Waals surface area contributed by atoms with Crippen molar-refractivity contribution in [2.24, 2.45) is 5.92 Å². The molecule has 1 saturated heterocycles. The molecule has 0 radical (unpaired) electrons. The van der Waals surface area contributed by atoms with Gasteiger partial charge in [0, 0.05) is 0 Å². The van der Waals surface area contributed by atoms with E-state index in [1.165, 1.54) is 38.5 Å². The summed E-state index contributed by atoms with van der Waals surface area (Å²) in [6, 6.07) is 9.44. The summed E-state index contributed by atoms with van der Waals surface area (Å²) in [4.78, 5) is 0. The monoisotopic (exact) mass is 306 g/mol. The van der Waals surface area contributed by atoms with Gasteiger partial charge in [0.25, 0.3) is 0 Å². The summed E-state index contributed by atoms with van der Waals surface area (Å²) < 4.78 is 11.2. The zero-order valence-corrected chi connectivity index (χ0v) is 13.8. The highest BCUT2D eigenvalue weighted by molar-refractivity contribution is 5.21. The van der Waals surface area contributed by atoms with Crippen LogP contribution in [-0.4, -0.2) is 17.7 Å². The first-order valence-electron chi connectivity index (χ1n) is 8.85. The number of para-hydroxylation sites is 1. The Morgan fingerprint density at radius 1 is 1.09 bits per heavy atom. The van der Waals surface area contributed by atoms with E-state index in [4.69, 9.17) is 9.47 Å². The van der Waals surface area contributed by atoms with Crippen LogP contribution in [0.15, 0.2) is 30.3 Å². The standard InChI is InChI=1S/C19H30O3/c1-2-3-4-5-6-7-9-12-17-15-16-21-19(17,20)22-18-13-10-8-11-14-18/h8,10-11,13-14,17,20H,2-7,9,12,15-16H2,1H3. The van der Waals surface area contributed by atoms with Crippen LogP contribution in [0.2, 0.25) is 0 Å². The molecule has 2 rings (SSSR count). The first-order valence-corrected chi connectivity index (χ1v) is 8.85. The summed E-state index contributed by atoms with van der Waals surface area (Å²) in [7, 11) is 0. The van der Waals surface area contributed by atoms with E-state index in [0.29, 0.717) is 12.4 Å². The number of unbranched alkanes of at least 4 members (excludes halogenated alkanes) is 6. The van der Waals surface area contributed by atoms with E-state index in [1.54, 1.807) is 0 Å². The molecule has 1 aromatic rings. The van der Waals surface area contributed by atoms with Crippen LogP contribution in [0.1, 0.15) is 64.7 Å². The molecule has 2 unspecified atom stereocenters. The normalized spacial score (nSPS) is 24.5. The van der Waals surface area contributed by atoms with Gasteiger partial charge in [-0.1, -0.05) is 70.1 Å². The Kier molecular flexibility index (Phi) is 7.20. The molecule has 22 heavy (non-hydrogen) atoms. The third-order valence-corrected chi connectivity index (χ3v) is 4.45. The maximum atomic E-state index is 10.6. The van der Waals surface area contributed by atoms with Crippen LogP contribution >= 0.6 is 0 Å². The maximum Gasteiger partial charge on any atom is 0.327 e. The predicted octanol–water partition coefficient (Wildman–Crippen LogP) is 4.89. The second-order valence-electron chi connectivity index (χ2n) is 6.29. The van der Waals surface area contributed by atoms with Crippen LogP contribution < -0.4 is 4.74 Å². The van der Waals surface area contributed by atoms with Gasteiger partial charge >= 0.3 is 5.97 Å². The van der Waals surface area contributed by atoms with Gasteiger partial charge in [-0.3, -0.25) is 0 Å². The van der Waals surface area contributed by atoms with Crippen molar-refractivity contribution < 1.29 is 14.6 Å². The van der Waals surface area contributed by atoms with Crippen molar-refractivity contribution in [1.82, 2.24) is 0 Å². The lowest BCUT2D eigenvalue weighted by atomic mass is 9.96. The van der Waals surface area contributed by atoms with Gasteiger partial charge in [0.05, 0.1) is 12.5 Å². The molecule has 3 nitrogen and oxygen atoms in total. The van der Waals surface area contributed by atoms with Crippen LogP contribution in [0.5, 0.6) is 5.75 Å². The van der Waals surface area contributed by atoms with Crippen molar-refractivity contribution in [2.45, 2.75) is 70.7 Å². The second-order valence-corrected chi connectivity index (χ2v) is 6.29.